The number of hydrogen-bond acceptors (Lipinski definition) is 4. The van der Waals surface area contributed by atoms with Gasteiger partial charge in [-0.3, -0.25) is 4.79 Å². The zero-order valence-corrected chi connectivity index (χ0v) is 17.8. The van der Waals surface area contributed by atoms with E-state index in [2.05, 4.69) is 5.32 Å². The Labute approximate surface area is 172 Å². The molecule has 6 nitrogen and oxygen atoms in total. The smallest absolute Gasteiger partial charge is 0.251 e. The zero-order chi connectivity index (χ0) is 20.9. The summed E-state index contributed by atoms with van der Waals surface area (Å²) in [5.74, 6) is 0.502. The van der Waals surface area contributed by atoms with Crippen molar-refractivity contribution in [3.63, 3.8) is 0 Å². The first-order valence-corrected chi connectivity index (χ1v) is 11.4. The Morgan fingerprint density at radius 2 is 1.83 bits per heavy atom. The second kappa shape index (κ2) is 9.41. The second-order valence-corrected chi connectivity index (χ2v) is 9.17. The Bertz CT molecular complexity index is 967. The normalized spacial score (nSPS) is 15.1. The van der Waals surface area contributed by atoms with Crippen molar-refractivity contribution >= 4 is 15.9 Å². The van der Waals surface area contributed by atoms with Crippen LogP contribution >= 0.6 is 0 Å². The molecule has 0 atom stereocenters. The number of benzene rings is 2. The van der Waals surface area contributed by atoms with Crippen LogP contribution in [-0.2, 0) is 16.4 Å². The maximum Gasteiger partial charge on any atom is 0.251 e. The minimum atomic E-state index is -3.58. The van der Waals surface area contributed by atoms with Crippen molar-refractivity contribution in [1.82, 2.24) is 9.62 Å². The molecule has 0 bridgehead atoms. The molecule has 156 valence electrons. The third kappa shape index (κ3) is 4.97. The van der Waals surface area contributed by atoms with Crippen LogP contribution in [0, 0.1) is 6.92 Å². The molecule has 0 aliphatic carbocycles. The van der Waals surface area contributed by atoms with Crippen molar-refractivity contribution in [1.29, 1.82) is 0 Å². The summed E-state index contributed by atoms with van der Waals surface area (Å²) in [6.07, 6.45) is 3.43. The molecule has 1 fully saturated rings. The topological polar surface area (TPSA) is 75.7 Å². The minimum absolute atomic E-state index is 0.219. The number of hydrogen-bond donors (Lipinski definition) is 1. The third-order valence-electron chi connectivity index (χ3n) is 5.26. The number of sulfonamides is 1. The van der Waals surface area contributed by atoms with Gasteiger partial charge in [-0.15, -0.1) is 0 Å². The van der Waals surface area contributed by atoms with Gasteiger partial charge in [0.2, 0.25) is 10.0 Å². The van der Waals surface area contributed by atoms with Gasteiger partial charge < -0.3 is 10.1 Å². The standard InChI is InChI=1S/C22H28N2O4S/c1-17-10-11-19(16-21(17)29(26,27)24-14-6-3-7-15-24)22(25)23-13-12-18-8-4-5-9-20(18)28-2/h4-5,8-11,16H,3,6-7,12-15H2,1-2H3,(H,23,25). The Kier molecular flexibility index (Phi) is 6.92. The van der Waals surface area contributed by atoms with Crippen LogP contribution in [0.15, 0.2) is 47.4 Å². The molecule has 0 unspecified atom stereocenters. The molecule has 29 heavy (non-hydrogen) atoms. The van der Waals surface area contributed by atoms with Gasteiger partial charge in [0.15, 0.2) is 0 Å². The fraction of sp³-hybridized carbons (Fsp3) is 0.409. The molecule has 1 aliphatic rings. The first-order chi connectivity index (χ1) is 13.9. The van der Waals surface area contributed by atoms with Gasteiger partial charge in [0.05, 0.1) is 12.0 Å². The number of carbonyl (C=O) groups is 1. The highest BCUT2D eigenvalue weighted by atomic mass is 32.2. The first kappa shape index (κ1) is 21.3. The van der Waals surface area contributed by atoms with E-state index in [1.807, 2.05) is 24.3 Å². The largest absolute Gasteiger partial charge is 0.496 e. The number of piperidine rings is 1. The maximum atomic E-state index is 13.0. The number of nitrogens with zero attached hydrogens (tertiary/aromatic N) is 1. The van der Waals surface area contributed by atoms with Crippen molar-refractivity contribution < 1.29 is 17.9 Å². The lowest BCUT2D eigenvalue weighted by Gasteiger charge is -2.26. The maximum absolute atomic E-state index is 13.0. The molecule has 1 heterocycles. The number of rotatable bonds is 7. The summed E-state index contributed by atoms with van der Waals surface area (Å²) in [4.78, 5) is 12.8. The number of amides is 1. The van der Waals surface area contributed by atoms with Crippen molar-refractivity contribution in [3.05, 3.63) is 59.2 Å². The average Bonchev–Trinajstić information content (AvgIpc) is 2.74. The zero-order valence-electron chi connectivity index (χ0n) is 17.0. The summed E-state index contributed by atoms with van der Waals surface area (Å²) in [5, 5.41) is 2.87. The van der Waals surface area contributed by atoms with E-state index in [1.54, 1.807) is 26.2 Å². The van der Waals surface area contributed by atoms with E-state index >= 15 is 0 Å². The van der Waals surface area contributed by atoms with Gasteiger partial charge in [-0.2, -0.15) is 4.31 Å². The molecule has 2 aromatic rings. The molecule has 0 radical (unpaired) electrons. The molecule has 7 heteroatoms. The van der Waals surface area contributed by atoms with Crippen molar-refractivity contribution in [3.8, 4) is 5.75 Å². The van der Waals surface area contributed by atoms with Gasteiger partial charge in [-0.05, 0) is 55.5 Å². The van der Waals surface area contributed by atoms with Gasteiger partial charge in [-0.1, -0.05) is 30.7 Å². The Balaban J connectivity index is 1.70. The number of para-hydroxylation sites is 1. The van der Waals surface area contributed by atoms with E-state index < -0.39 is 10.0 Å². The molecular weight excluding hydrogens is 388 g/mol. The van der Waals surface area contributed by atoms with Crippen LogP contribution in [0.5, 0.6) is 5.75 Å². The lowest BCUT2D eigenvalue weighted by Crippen LogP contribution is -2.36. The lowest BCUT2D eigenvalue weighted by molar-refractivity contribution is 0.0954. The van der Waals surface area contributed by atoms with E-state index in [4.69, 9.17) is 4.74 Å². The number of methoxy groups -OCH3 is 1. The summed E-state index contributed by atoms with van der Waals surface area (Å²) < 4.78 is 32.9. The van der Waals surface area contributed by atoms with Crippen LogP contribution in [0.25, 0.3) is 0 Å². The Morgan fingerprint density at radius 1 is 1.10 bits per heavy atom. The van der Waals surface area contributed by atoms with Crippen molar-refractivity contribution in [2.24, 2.45) is 0 Å². The van der Waals surface area contributed by atoms with Crippen LogP contribution < -0.4 is 10.1 Å². The van der Waals surface area contributed by atoms with E-state index in [1.165, 1.54) is 10.4 Å². The summed E-state index contributed by atoms with van der Waals surface area (Å²) in [6.45, 7) is 3.27. The summed E-state index contributed by atoms with van der Waals surface area (Å²) in [7, 11) is -1.97. The van der Waals surface area contributed by atoms with E-state index in [9.17, 15) is 13.2 Å². The monoisotopic (exact) mass is 416 g/mol. The first-order valence-electron chi connectivity index (χ1n) is 9.94. The van der Waals surface area contributed by atoms with Gasteiger partial charge in [0.1, 0.15) is 5.75 Å². The number of nitrogens with one attached hydrogen (secondary N) is 1. The molecule has 1 N–H and O–H groups in total. The SMILES string of the molecule is COc1ccccc1CCNC(=O)c1ccc(C)c(S(=O)(=O)N2CCCCC2)c1. The third-order valence-corrected chi connectivity index (χ3v) is 7.30. The average molecular weight is 417 g/mol. The van der Waals surface area contributed by atoms with Gasteiger partial charge >= 0.3 is 0 Å². The van der Waals surface area contributed by atoms with Gasteiger partial charge in [0, 0.05) is 25.2 Å². The fourth-order valence-corrected chi connectivity index (χ4v) is 5.35. The molecule has 2 aromatic carbocycles. The summed E-state index contributed by atoms with van der Waals surface area (Å²) in [5.41, 5.74) is 2.01. The van der Waals surface area contributed by atoms with E-state index in [0.29, 0.717) is 37.2 Å². The van der Waals surface area contributed by atoms with Crippen LogP contribution in [0.2, 0.25) is 0 Å². The second-order valence-electron chi connectivity index (χ2n) is 7.26. The Hall–Kier alpha value is -2.38. The molecule has 0 spiro atoms. The van der Waals surface area contributed by atoms with E-state index in [-0.39, 0.29) is 10.8 Å². The fourth-order valence-electron chi connectivity index (χ4n) is 3.59. The summed E-state index contributed by atoms with van der Waals surface area (Å²) >= 11 is 0. The molecule has 1 saturated heterocycles. The van der Waals surface area contributed by atoms with Crippen LogP contribution in [-0.4, -0.2) is 45.4 Å². The number of aryl methyl sites for hydroxylation is 1. The quantitative estimate of drug-likeness (QED) is 0.752. The van der Waals surface area contributed by atoms with E-state index in [0.717, 1.165) is 30.6 Å². The molecule has 1 aliphatic heterocycles. The molecule has 0 aromatic heterocycles. The minimum Gasteiger partial charge on any atom is -0.496 e. The molecule has 0 saturated carbocycles. The Morgan fingerprint density at radius 3 is 2.55 bits per heavy atom. The molecule has 3 rings (SSSR count). The van der Waals surface area contributed by atoms with Gasteiger partial charge in [-0.25, -0.2) is 8.42 Å². The van der Waals surface area contributed by atoms with Gasteiger partial charge in [0.25, 0.3) is 5.91 Å². The van der Waals surface area contributed by atoms with Crippen molar-refractivity contribution in [2.75, 3.05) is 26.7 Å². The highest BCUT2D eigenvalue weighted by Gasteiger charge is 2.28. The molecule has 1 amide bonds. The summed E-state index contributed by atoms with van der Waals surface area (Å²) in [6, 6.07) is 12.5. The highest BCUT2D eigenvalue weighted by Crippen LogP contribution is 2.24. The number of carbonyl (C=O) groups excluding carboxylic acids is 1. The molecular formula is C22H28N2O4S. The van der Waals surface area contributed by atoms with Crippen LogP contribution in [0.4, 0.5) is 0 Å². The highest BCUT2D eigenvalue weighted by molar-refractivity contribution is 7.89. The van der Waals surface area contributed by atoms with Crippen LogP contribution in [0.3, 0.4) is 0 Å². The predicted octanol–water partition coefficient (Wildman–Crippen LogP) is 3.15. The van der Waals surface area contributed by atoms with Crippen LogP contribution in [0.1, 0.15) is 40.7 Å². The predicted molar refractivity (Wildman–Crippen MR) is 113 cm³/mol. The van der Waals surface area contributed by atoms with Crippen molar-refractivity contribution in [2.45, 2.75) is 37.5 Å². The number of ether oxygens (including phenoxy) is 1. The lowest BCUT2D eigenvalue weighted by atomic mass is 10.1.